The van der Waals surface area contributed by atoms with E-state index in [1.807, 2.05) is 66.7 Å². The lowest BCUT2D eigenvalue weighted by Gasteiger charge is -2.47. The third kappa shape index (κ3) is 3.42. The van der Waals surface area contributed by atoms with Crippen LogP contribution < -0.4 is 9.47 Å². The second kappa shape index (κ2) is 8.75. The van der Waals surface area contributed by atoms with E-state index in [0.717, 1.165) is 33.3 Å². The first kappa shape index (κ1) is 22.2. The van der Waals surface area contributed by atoms with E-state index in [1.165, 1.54) is 0 Å². The molecule has 1 fully saturated rings. The van der Waals surface area contributed by atoms with Crippen LogP contribution in [0.3, 0.4) is 0 Å². The Morgan fingerprint density at radius 2 is 1.69 bits per heavy atom. The molecule has 0 saturated carbocycles. The zero-order valence-corrected chi connectivity index (χ0v) is 20.2. The van der Waals surface area contributed by atoms with E-state index in [2.05, 4.69) is 11.1 Å². The summed E-state index contributed by atoms with van der Waals surface area (Å²) in [7, 11) is 3.19. The van der Waals surface area contributed by atoms with Gasteiger partial charge in [-0.2, -0.15) is 0 Å². The lowest BCUT2D eigenvalue weighted by Crippen LogP contribution is -2.62. The second-order valence-electron chi connectivity index (χ2n) is 9.25. The third-order valence-corrected chi connectivity index (χ3v) is 7.29. The van der Waals surface area contributed by atoms with Gasteiger partial charge in [-0.25, -0.2) is 0 Å². The fourth-order valence-corrected chi connectivity index (χ4v) is 5.71. The van der Waals surface area contributed by atoms with Gasteiger partial charge in [-0.15, -0.1) is 0 Å². The fraction of sp³-hybridized carbons (Fsp3) is 0.241. The van der Waals surface area contributed by atoms with Crippen molar-refractivity contribution in [1.82, 2.24) is 14.8 Å². The summed E-state index contributed by atoms with van der Waals surface area (Å²) in [6.07, 6.45) is 0.456. The number of carbonyl (C=O) groups is 2. The topological polar surface area (TPSA) is 74.9 Å². The van der Waals surface area contributed by atoms with E-state index in [4.69, 9.17) is 9.47 Å². The number of methoxy groups -OCH3 is 2. The number of para-hydroxylation sites is 2. The van der Waals surface area contributed by atoms with Gasteiger partial charge >= 0.3 is 0 Å². The van der Waals surface area contributed by atoms with Crippen LogP contribution in [0.25, 0.3) is 10.9 Å². The maximum atomic E-state index is 13.9. The number of rotatable bonds is 5. The maximum absolute atomic E-state index is 13.9. The van der Waals surface area contributed by atoms with Gasteiger partial charge < -0.3 is 24.3 Å². The predicted molar refractivity (Wildman–Crippen MR) is 136 cm³/mol. The van der Waals surface area contributed by atoms with Crippen LogP contribution in [0.5, 0.6) is 11.5 Å². The molecule has 6 rings (SSSR count). The van der Waals surface area contributed by atoms with Gasteiger partial charge in [0.1, 0.15) is 18.6 Å². The molecule has 0 spiro atoms. The summed E-state index contributed by atoms with van der Waals surface area (Å²) in [5.74, 6) is 1.01. The largest absolute Gasteiger partial charge is 0.493 e. The van der Waals surface area contributed by atoms with Crippen molar-refractivity contribution in [2.45, 2.75) is 25.0 Å². The molecule has 0 bridgehead atoms. The Hall–Kier alpha value is -4.26. The van der Waals surface area contributed by atoms with Crippen LogP contribution >= 0.6 is 0 Å². The molecular formula is C29H27N3O4. The highest BCUT2D eigenvalue weighted by molar-refractivity contribution is 5.97. The van der Waals surface area contributed by atoms with Crippen LogP contribution in [-0.4, -0.2) is 53.4 Å². The minimum Gasteiger partial charge on any atom is -0.493 e. The highest BCUT2D eigenvalue weighted by Gasteiger charge is 2.49. The summed E-state index contributed by atoms with van der Waals surface area (Å²) < 4.78 is 11.3. The van der Waals surface area contributed by atoms with Crippen molar-refractivity contribution in [1.29, 1.82) is 0 Å². The number of H-pyrrole nitrogens is 1. The number of aromatic amines is 1. The molecule has 4 aromatic rings. The first-order valence-corrected chi connectivity index (χ1v) is 12.0. The second-order valence-corrected chi connectivity index (χ2v) is 9.25. The van der Waals surface area contributed by atoms with E-state index in [1.54, 1.807) is 24.0 Å². The van der Waals surface area contributed by atoms with E-state index >= 15 is 0 Å². The van der Waals surface area contributed by atoms with Crippen molar-refractivity contribution in [3.05, 3.63) is 95.2 Å². The fourth-order valence-electron chi connectivity index (χ4n) is 5.71. The van der Waals surface area contributed by atoms with Crippen LogP contribution in [0.15, 0.2) is 72.8 Å². The molecule has 3 heterocycles. The van der Waals surface area contributed by atoms with Crippen molar-refractivity contribution in [3.63, 3.8) is 0 Å². The number of nitrogens with zero attached hydrogens (tertiary/aromatic N) is 2. The summed E-state index contributed by atoms with van der Waals surface area (Å²) in [5, 5.41) is 1.07. The molecule has 0 aliphatic carbocycles. The van der Waals surface area contributed by atoms with Gasteiger partial charge in [0.2, 0.25) is 11.8 Å². The van der Waals surface area contributed by atoms with Crippen molar-refractivity contribution >= 4 is 22.7 Å². The Morgan fingerprint density at radius 3 is 2.47 bits per heavy atom. The van der Waals surface area contributed by atoms with Crippen molar-refractivity contribution in [2.75, 3.05) is 20.8 Å². The highest BCUT2D eigenvalue weighted by Crippen LogP contribution is 2.47. The molecule has 2 aliphatic heterocycles. The quantitative estimate of drug-likeness (QED) is 0.466. The Balaban J connectivity index is 1.51. The van der Waals surface area contributed by atoms with Gasteiger partial charge in [0.15, 0.2) is 11.5 Å². The van der Waals surface area contributed by atoms with E-state index in [-0.39, 0.29) is 18.4 Å². The van der Waals surface area contributed by atoms with Gasteiger partial charge in [-0.3, -0.25) is 9.59 Å². The summed E-state index contributed by atoms with van der Waals surface area (Å²) in [5.41, 5.74) is 4.74. The molecule has 2 aliphatic rings. The lowest BCUT2D eigenvalue weighted by molar-refractivity contribution is -0.159. The predicted octanol–water partition coefficient (Wildman–Crippen LogP) is 4.07. The Labute approximate surface area is 209 Å². The monoisotopic (exact) mass is 481 g/mol. The number of hydrogen-bond donors (Lipinski definition) is 1. The van der Waals surface area contributed by atoms with Crippen LogP contribution in [0, 0.1) is 0 Å². The van der Waals surface area contributed by atoms with Crippen molar-refractivity contribution < 1.29 is 19.1 Å². The minimum absolute atomic E-state index is 0.0303. The Morgan fingerprint density at radius 1 is 0.917 bits per heavy atom. The standard InChI is InChI=1S/C29H27N3O4/c1-35-24-14-8-12-20(28(24)36-2)27-26-21(19-11-6-7-13-22(19)30-26)15-23-29(34)31(17-25(33)32(23)27)16-18-9-4-3-5-10-18/h3-14,23,27,30H,15-17H2,1-2H3. The number of nitrogens with one attached hydrogen (secondary N) is 1. The number of benzene rings is 3. The molecule has 36 heavy (non-hydrogen) atoms. The normalized spacial score (nSPS) is 19.3. The first-order valence-electron chi connectivity index (χ1n) is 12.0. The van der Waals surface area contributed by atoms with Crippen LogP contribution in [0.2, 0.25) is 0 Å². The number of carbonyl (C=O) groups excluding carboxylic acids is 2. The molecule has 2 atom stereocenters. The molecule has 7 nitrogen and oxygen atoms in total. The Kier molecular flexibility index (Phi) is 5.40. The summed E-state index contributed by atoms with van der Waals surface area (Å²) in [6.45, 7) is 0.437. The third-order valence-electron chi connectivity index (χ3n) is 7.29. The van der Waals surface area contributed by atoms with Crippen molar-refractivity contribution in [2.24, 2.45) is 0 Å². The zero-order chi connectivity index (χ0) is 24.8. The van der Waals surface area contributed by atoms with E-state index < -0.39 is 12.1 Å². The van der Waals surface area contributed by atoms with Gasteiger partial charge in [-0.05, 0) is 23.3 Å². The van der Waals surface area contributed by atoms with Crippen LogP contribution in [0.4, 0.5) is 0 Å². The molecule has 1 N–H and O–H groups in total. The molecule has 0 radical (unpaired) electrons. The van der Waals surface area contributed by atoms with E-state index in [0.29, 0.717) is 24.5 Å². The molecular weight excluding hydrogens is 454 g/mol. The van der Waals surface area contributed by atoms with Crippen LogP contribution in [-0.2, 0) is 22.6 Å². The smallest absolute Gasteiger partial charge is 0.246 e. The molecule has 2 amide bonds. The summed E-state index contributed by atoms with van der Waals surface area (Å²) in [6, 6.07) is 22.4. The minimum atomic E-state index is -0.609. The van der Waals surface area contributed by atoms with Crippen LogP contribution in [0.1, 0.15) is 28.4 Å². The zero-order valence-electron chi connectivity index (χ0n) is 20.2. The molecule has 1 aromatic heterocycles. The number of piperazine rings is 1. The van der Waals surface area contributed by atoms with Gasteiger partial charge in [0.25, 0.3) is 0 Å². The Bertz CT molecular complexity index is 1460. The summed E-state index contributed by atoms with van der Waals surface area (Å²) >= 11 is 0. The summed E-state index contributed by atoms with van der Waals surface area (Å²) in [4.78, 5) is 34.7. The molecule has 2 unspecified atom stereocenters. The number of fused-ring (bicyclic) bond motifs is 4. The molecule has 182 valence electrons. The van der Waals surface area contributed by atoms with E-state index in [9.17, 15) is 9.59 Å². The SMILES string of the molecule is COc1cccc(C2c3[nH]c4ccccc4c3CC3C(=O)N(Cc4ccccc4)CC(=O)N32)c1OC. The lowest BCUT2D eigenvalue weighted by atomic mass is 9.85. The van der Waals surface area contributed by atoms with Gasteiger partial charge in [0, 0.05) is 35.1 Å². The number of hydrogen-bond acceptors (Lipinski definition) is 4. The molecule has 3 aromatic carbocycles. The van der Waals surface area contributed by atoms with Gasteiger partial charge in [-0.1, -0.05) is 60.7 Å². The van der Waals surface area contributed by atoms with Crippen molar-refractivity contribution in [3.8, 4) is 11.5 Å². The molecule has 7 heteroatoms. The maximum Gasteiger partial charge on any atom is 0.246 e. The average molecular weight is 482 g/mol. The number of aromatic nitrogens is 1. The first-order chi connectivity index (χ1) is 17.6. The average Bonchev–Trinajstić information content (AvgIpc) is 3.29. The molecule has 1 saturated heterocycles. The number of amides is 2. The van der Waals surface area contributed by atoms with Gasteiger partial charge in [0.05, 0.1) is 14.2 Å². The number of ether oxygens (including phenoxy) is 2. The highest BCUT2D eigenvalue weighted by atomic mass is 16.5.